The number of aryl methyl sites for hydroxylation is 1. The van der Waals surface area contributed by atoms with Gasteiger partial charge in [0.15, 0.2) is 5.78 Å². The highest BCUT2D eigenvalue weighted by Crippen LogP contribution is 2.39. The molecule has 4 aromatic rings. The molecule has 9 heteroatoms. The van der Waals surface area contributed by atoms with Gasteiger partial charge in [0.25, 0.3) is 10.0 Å². The summed E-state index contributed by atoms with van der Waals surface area (Å²) in [5.74, 6) is -1.31. The summed E-state index contributed by atoms with van der Waals surface area (Å²) in [6, 6.07) is 16.2. The number of carbonyl (C=O) groups excluding carboxylic acids is 1. The monoisotopic (exact) mass is 565 g/mol. The van der Waals surface area contributed by atoms with Crippen molar-refractivity contribution in [1.29, 1.82) is 0 Å². The lowest BCUT2D eigenvalue weighted by atomic mass is 9.98. The van der Waals surface area contributed by atoms with E-state index in [0.29, 0.717) is 20.3 Å². The third-order valence-corrected chi connectivity index (χ3v) is 7.91. The first kappa shape index (κ1) is 23.7. The van der Waals surface area contributed by atoms with E-state index in [1.165, 1.54) is 24.3 Å². The van der Waals surface area contributed by atoms with Crippen LogP contribution in [0.2, 0.25) is 10.0 Å². The predicted molar refractivity (Wildman–Crippen MR) is 133 cm³/mol. The van der Waals surface area contributed by atoms with Crippen molar-refractivity contribution in [3.8, 4) is 0 Å². The minimum atomic E-state index is -4.06. The van der Waals surface area contributed by atoms with Gasteiger partial charge in [-0.2, -0.15) is 0 Å². The van der Waals surface area contributed by atoms with Crippen molar-refractivity contribution in [2.45, 2.75) is 11.8 Å². The lowest BCUT2D eigenvalue weighted by Crippen LogP contribution is -2.17. The van der Waals surface area contributed by atoms with Gasteiger partial charge in [-0.1, -0.05) is 53.0 Å². The summed E-state index contributed by atoms with van der Waals surface area (Å²) in [6.07, 6.45) is 0. The zero-order valence-corrected chi connectivity index (χ0v) is 20.9. The molecule has 0 aromatic heterocycles. The fourth-order valence-electron chi connectivity index (χ4n) is 3.37. The third-order valence-electron chi connectivity index (χ3n) is 5.04. The molecule has 33 heavy (non-hydrogen) atoms. The largest absolute Gasteiger partial charge is 0.288 e. The molecule has 0 bridgehead atoms. The Bertz CT molecular complexity index is 1520. The van der Waals surface area contributed by atoms with E-state index in [1.807, 2.05) is 6.92 Å². The first-order valence-electron chi connectivity index (χ1n) is 9.58. The second kappa shape index (κ2) is 9.06. The Kier molecular flexibility index (Phi) is 6.51. The van der Waals surface area contributed by atoms with Gasteiger partial charge in [0.1, 0.15) is 5.82 Å². The van der Waals surface area contributed by atoms with Gasteiger partial charge in [0.2, 0.25) is 0 Å². The average molecular weight is 567 g/mol. The Morgan fingerprint density at radius 3 is 2.33 bits per heavy atom. The maximum atomic E-state index is 13.9. The van der Waals surface area contributed by atoms with Gasteiger partial charge in [-0.05, 0) is 70.7 Å². The summed E-state index contributed by atoms with van der Waals surface area (Å²) in [4.78, 5) is 13.5. The fraction of sp³-hybridized carbons (Fsp3) is 0.0417. The summed E-state index contributed by atoms with van der Waals surface area (Å²) in [6.45, 7) is 1.84. The minimum Gasteiger partial charge on any atom is -0.288 e. The molecule has 0 saturated heterocycles. The second-order valence-corrected chi connectivity index (χ2v) is 10.6. The van der Waals surface area contributed by atoms with Crippen LogP contribution in [0, 0.1) is 12.7 Å². The number of halogens is 4. The molecular formula is C24H15BrCl2FNO3S. The molecule has 0 unspecified atom stereocenters. The van der Waals surface area contributed by atoms with Crippen LogP contribution in [0.4, 0.5) is 10.1 Å². The number of benzene rings is 4. The molecule has 0 atom stereocenters. The Balaban J connectivity index is 1.96. The molecule has 0 aliphatic rings. The highest BCUT2D eigenvalue weighted by Gasteiger charge is 2.26. The lowest BCUT2D eigenvalue weighted by molar-refractivity contribution is 0.103. The van der Waals surface area contributed by atoms with Crippen LogP contribution in [0.15, 0.2) is 76.1 Å². The van der Waals surface area contributed by atoms with E-state index in [-0.39, 0.29) is 26.7 Å². The first-order chi connectivity index (χ1) is 15.6. The Morgan fingerprint density at radius 1 is 0.939 bits per heavy atom. The van der Waals surface area contributed by atoms with Crippen molar-refractivity contribution < 1.29 is 17.6 Å². The second-order valence-electron chi connectivity index (χ2n) is 7.32. The van der Waals surface area contributed by atoms with Crippen molar-refractivity contribution >= 4 is 71.4 Å². The van der Waals surface area contributed by atoms with Crippen LogP contribution in [0.1, 0.15) is 21.5 Å². The van der Waals surface area contributed by atoms with Crippen molar-refractivity contribution in [2.24, 2.45) is 0 Å². The number of anilines is 1. The van der Waals surface area contributed by atoms with Crippen LogP contribution >= 0.6 is 39.1 Å². The Labute approximate surface area is 208 Å². The van der Waals surface area contributed by atoms with E-state index < -0.39 is 21.6 Å². The standard InChI is InChI=1S/C24H15BrCl2FNO3S/c1-13-5-8-15(9-6-13)33(31,32)29-21-12-17-16(3-2-4-19(17)26)23(25)22(21)24(30)18-11-14(28)7-10-20(18)27/h2-12,29H,1H3. The molecular weight excluding hydrogens is 552 g/mol. The van der Waals surface area contributed by atoms with Crippen LogP contribution in [0.25, 0.3) is 10.8 Å². The van der Waals surface area contributed by atoms with Crippen molar-refractivity contribution in [3.05, 3.63) is 104 Å². The number of nitrogens with one attached hydrogen (secondary N) is 1. The highest BCUT2D eigenvalue weighted by atomic mass is 79.9. The molecule has 4 rings (SSSR count). The SMILES string of the molecule is Cc1ccc(S(=O)(=O)Nc2cc3c(Cl)cccc3c(Br)c2C(=O)c2cc(F)ccc2Cl)cc1. The lowest BCUT2D eigenvalue weighted by Gasteiger charge is -2.17. The number of hydrogen-bond donors (Lipinski definition) is 1. The van der Waals surface area contributed by atoms with Gasteiger partial charge in [0.05, 0.1) is 21.2 Å². The van der Waals surface area contributed by atoms with Gasteiger partial charge in [-0.15, -0.1) is 0 Å². The molecule has 0 fully saturated rings. The van der Waals surface area contributed by atoms with Crippen LogP contribution in [0.5, 0.6) is 0 Å². The predicted octanol–water partition coefficient (Wildman–Crippen LogP) is 7.39. The van der Waals surface area contributed by atoms with Crippen molar-refractivity contribution in [1.82, 2.24) is 0 Å². The molecule has 0 heterocycles. The zero-order chi connectivity index (χ0) is 23.9. The fourth-order valence-corrected chi connectivity index (χ4v) is 5.61. The molecule has 0 amide bonds. The summed E-state index contributed by atoms with van der Waals surface area (Å²) in [5.41, 5.74) is 0.752. The van der Waals surface area contributed by atoms with Gasteiger partial charge in [-0.3, -0.25) is 9.52 Å². The number of sulfonamides is 1. The quantitative estimate of drug-likeness (QED) is 0.256. The van der Waals surface area contributed by atoms with Crippen molar-refractivity contribution in [3.63, 3.8) is 0 Å². The number of fused-ring (bicyclic) bond motifs is 1. The molecule has 0 radical (unpaired) electrons. The molecule has 4 aromatic carbocycles. The molecule has 0 spiro atoms. The molecule has 168 valence electrons. The van der Waals surface area contributed by atoms with E-state index in [4.69, 9.17) is 23.2 Å². The summed E-state index contributed by atoms with van der Waals surface area (Å²) < 4.78 is 42.9. The first-order valence-corrected chi connectivity index (χ1v) is 12.6. The van der Waals surface area contributed by atoms with E-state index in [0.717, 1.165) is 17.7 Å². The molecule has 0 aliphatic carbocycles. The van der Waals surface area contributed by atoms with Crippen LogP contribution < -0.4 is 4.72 Å². The number of carbonyl (C=O) groups is 1. The van der Waals surface area contributed by atoms with Crippen LogP contribution in [-0.2, 0) is 10.0 Å². The average Bonchev–Trinajstić information content (AvgIpc) is 2.76. The van der Waals surface area contributed by atoms with E-state index in [9.17, 15) is 17.6 Å². The van der Waals surface area contributed by atoms with E-state index in [2.05, 4.69) is 20.7 Å². The maximum Gasteiger partial charge on any atom is 0.261 e. The van der Waals surface area contributed by atoms with Gasteiger partial charge >= 0.3 is 0 Å². The van der Waals surface area contributed by atoms with Gasteiger partial charge in [0, 0.05) is 20.4 Å². The molecule has 0 saturated carbocycles. The number of ketones is 1. The third kappa shape index (κ3) is 4.64. The molecule has 0 aliphatic heterocycles. The Morgan fingerprint density at radius 2 is 1.64 bits per heavy atom. The smallest absolute Gasteiger partial charge is 0.261 e. The summed E-state index contributed by atoms with van der Waals surface area (Å²) in [7, 11) is -4.06. The highest BCUT2D eigenvalue weighted by molar-refractivity contribution is 9.10. The number of rotatable bonds is 5. The van der Waals surface area contributed by atoms with Gasteiger partial charge in [-0.25, -0.2) is 12.8 Å². The van der Waals surface area contributed by atoms with Crippen LogP contribution in [-0.4, -0.2) is 14.2 Å². The summed E-state index contributed by atoms with van der Waals surface area (Å²) in [5, 5.41) is 1.50. The summed E-state index contributed by atoms with van der Waals surface area (Å²) >= 11 is 15.9. The van der Waals surface area contributed by atoms with E-state index in [1.54, 1.807) is 30.3 Å². The maximum absolute atomic E-state index is 13.9. The minimum absolute atomic E-state index is 0.0191. The van der Waals surface area contributed by atoms with E-state index >= 15 is 0 Å². The topological polar surface area (TPSA) is 63.2 Å². The number of hydrogen-bond acceptors (Lipinski definition) is 3. The zero-order valence-electron chi connectivity index (χ0n) is 17.0. The van der Waals surface area contributed by atoms with Crippen LogP contribution in [0.3, 0.4) is 0 Å². The Hall–Kier alpha value is -2.45. The van der Waals surface area contributed by atoms with Gasteiger partial charge < -0.3 is 0 Å². The van der Waals surface area contributed by atoms with Crippen molar-refractivity contribution in [2.75, 3.05) is 4.72 Å². The molecule has 1 N–H and O–H groups in total. The molecule has 4 nitrogen and oxygen atoms in total. The normalized spacial score (nSPS) is 11.5.